The summed E-state index contributed by atoms with van der Waals surface area (Å²) in [6, 6.07) is 18.8. The Hall–Kier alpha value is -3.36. The summed E-state index contributed by atoms with van der Waals surface area (Å²) >= 11 is 0. The molecule has 9 heteroatoms. The van der Waals surface area contributed by atoms with Gasteiger partial charge in [-0.15, -0.1) is 14.7 Å². The molecular weight excluding hydrogens is 420 g/mol. The zero-order valence-corrected chi connectivity index (χ0v) is 19.7. The van der Waals surface area contributed by atoms with Gasteiger partial charge >= 0.3 is 0 Å². The summed E-state index contributed by atoms with van der Waals surface area (Å²) in [5, 5.41) is 13.8. The maximum Gasteiger partial charge on any atom is 0.0736 e. The van der Waals surface area contributed by atoms with Crippen molar-refractivity contribution >= 4 is 0 Å². The first-order valence-electron chi connectivity index (χ1n) is 11.3. The topological polar surface area (TPSA) is 98.0 Å². The van der Waals surface area contributed by atoms with E-state index in [9.17, 15) is 14.7 Å². The second-order valence-electron chi connectivity index (χ2n) is 8.74. The molecule has 0 aliphatic rings. The minimum absolute atomic E-state index is 0.201. The Bertz CT molecular complexity index is 837. The van der Waals surface area contributed by atoms with Gasteiger partial charge in [-0.25, -0.2) is 0 Å². The van der Waals surface area contributed by atoms with Crippen LogP contribution in [-0.2, 0) is 12.8 Å². The molecule has 2 rings (SSSR count). The molecule has 0 N–H and O–H groups in total. The number of likely N-dealkylation sites (N-methyl/N-ethyl adjacent to an activating group) is 1. The van der Waals surface area contributed by atoms with Crippen LogP contribution in [0.2, 0.25) is 0 Å². The predicted molar refractivity (Wildman–Crippen MR) is 131 cm³/mol. The Labute approximate surface area is 195 Å². The second kappa shape index (κ2) is 13.9. The van der Waals surface area contributed by atoms with Crippen LogP contribution in [0, 0.1) is 20.6 Å². The van der Waals surface area contributed by atoms with Crippen LogP contribution in [0.3, 0.4) is 0 Å². The van der Waals surface area contributed by atoms with E-state index in [2.05, 4.69) is 29.7 Å². The van der Waals surface area contributed by atoms with Crippen molar-refractivity contribution in [2.45, 2.75) is 45.2 Å². The van der Waals surface area contributed by atoms with Crippen LogP contribution in [0.1, 0.15) is 31.4 Å². The molecule has 0 spiro atoms. The first kappa shape index (κ1) is 25.9. The van der Waals surface area contributed by atoms with E-state index in [1.165, 1.54) is 15.0 Å². The minimum atomic E-state index is -0.399. The molecule has 0 radical (unpaired) electrons. The van der Waals surface area contributed by atoms with Gasteiger partial charge in [0, 0.05) is 13.6 Å². The lowest BCUT2D eigenvalue weighted by Crippen LogP contribution is -2.48. The van der Waals surface area contributed by atoms with E-state index in [1.807, 2.05) is 60.7 Å². The lowest BCUT2D eigenvalue weighted by atomic mass is 10.0. The van der Waals surface area contributed by atoms with Gasteiger partial charge in [0.2, 0.25) is 0 Å². The number of nitroso groups, excluding NO2 is 3. The van der Waals surface area contributed by atoms with E-state index in [0.29, 0.717) is 25.3 Å². The summed E-state index contributed by atoms with van der Waals surface area (Å²) < 4.78 is 0. The van der Waals surface area contributed by atoms with Crippen LogP contribution >= 0.6 is 0 Å². The Balaban J connectivity index is 2.28. The zero-order chi connectivity index (χ0) is 24.1. The van der Waals surface area contributed by atoms with Crippen molar-refractivity contribution in [2.75, 3.05) is 26.7 Å². The number of hydrogen-bond donors (Lipinski definition) is 0. The molecule has 178 valence electrons. The van der Waals surface area contributed by atoms with Gasteiger partial charge < -0.3 is 0 Å². The van der Waals surface area contributed by atoms with Gasteiger partial charge in [0.15, 0.2) is 0 Å². The molecule has 2 aromatic carbocycles. The first-order valence-corrected chi connectivity index (χ1v) is 11.3. The summed E-state index contributed by atoms with van der Waals surface area (Å²) in [6.45, 7) is 5.10. The molecule has 0 aromatic heterocycles. The fourth-order valence-corrected chi connectivity index (χ4v) is 3.78. The largest absolute Gasteiger partial charge is 0.262 e. The van der Waals surface area contributed by atoms with Crippen molar-refractivity contribution in [2.24, 2.45) is 21.8 Å². The molecule has 0 bridgehead atoms. The highest BCUT2D eigenvalue weighted by Crippen LogP contribution is 2.18. The molecule has 9 nitrogen and oxygen atoms in total. The average Bonchev–Trinajstić information content (AvgIpc) is 2.83. The number of rotatable bonds is 16. The van der Waals surface area contributed by atoms with E-state index in [0.717, 1.165) is 17.5 Å². The van der Waals surface area contributed by atoms with Crippen LogP contribution < -0.4 is 0 Å². The quantitative estimate of drug-likeness (QED) is 0.266. The number of hydrogen-bond acceptors (Lipinski definition) is 6. The maximum atomic E-state index is 12.0. The summed E-state index contributed by atoms with van der Waals surface area (Å²) in [6.07, 6.45) is 1.85. The van der Waals surface area contributed by atoms with Crippen LogP contribution in [0.5, 0.6) is 0 Å². The van der Waals surface area contributed by atoms with Crippen molar-refractivity contribution in [1.82, 2.24) is 15.0 Å². The third-order valence-corrected chi connectivity index (χ3v) is 5.63. The Morgan fingerprint density at radius 2 is 1.18 bits per heavy atom. The van der Waals surface area contributed by atoms with E-state index in [4.69, 9.17) is 0 Å². The SMILES string of the molecule is CC(C)CCN(N=O)[C@@H](Cc1ccccc1)CN(N=O)[C@@H](Cc1ccccc1)CN(C)N=O. The summed E-state index contributed by atoms with van der Waals surface area (Å²) in [4.78, 5) is 34.8. The summed E-state index contributed by atoms with van der Waals surface area (Å²) in [7, 11) is 1.57. The third-order valence-electron chi connectivity index (χ3n) is 5.63. The van der Waals surface area contributed by atoms with E-state index in [1.54, 1.807) is 7.05 Å². The zero-order valence-electron chi connectivity index (χ0n) is 19.7. The molecule has 0 heterocycles. The van der Waals surface area contributed by atoms with Gasteiger partial charge in [0.25, 0.3) is 0 Å². The lowest BCUT2D eigenvalue weighted by molar-refractivity contribution is 0.0917. The standard InChI is InChI=1S/C24H34N6O3/c1-20(2)14-15-29(26-32)24(17-22-12-8-5-9-13-22)19-30(27-33)23(18-28(3)25-31)16-21-10-6-4-7-11-21/h4-13,20,23-24H,14-19H2,1-3H3/t23-,24-/m0/s1. The van der Waals surface area contributed by atoms with Crippen molar-refractivity contribution in [3.63, 3.8) is 0 Å². The lowest BCUT2D eigenvalue weighted by Gasteiger charge is -2.34. The molecular formula is C24H34N6O3. The molecule has 0 unspecified atom stereocenters. The van der Waals surface area contributed by atoms with E-state index >= 15 is 0 Å². The van der Waals surface area contributed by atoms with Crippen molar-refractivity contribution in [1.29, 1.82) is 0 Å². The van der Waals surface area contributed by atoms with E-state index in [-0.39, 0.29) is 19.1 Å². The minimum Gasteiger partial charge on any atom is -0.262 e. The average molecular weight is 455 g/mol. The fourth-order valence-electron chi connectivity index (χ4n) is 3.78. The smallest absolute Gasteiger partial charge is 0.0736 e. The van der Waals surface area contributed by atoms with Crippen molar-refractivity contribution in [3.8, 4) is 0 Å². The van der Waals surface area contributed by atoms with Crippen molar-refractivity contribution in [3.05, 3.63) is 86.5 Å². The van der Waals surface area contributed by atoms with Crippen LogP contribution in [0.25, 0.3) is 0 Å². The fraction of sp³-hybridized carbons (Fsp3) is 0.500. The third kappa shape index (κ3) is 8.96. The van der Waals surface area contributed by atoms with Gasteiger partial charge in [-0.2, -0.15) is 0 Å². The number of nitrogens with zero attached hydrogens (tertiary/aromatic N) is 6. The van der Waals surface area contributed by atoms with Crippen molar-refractivity contribution < 1.29 is 0 Å². The molecule has 0 saturated heterocycles. The molecule has 33 heavy (non-hydrogen) atoms. The van der Waals surface area contributed by atoms with Crippen LogP contribution in [0.4, 0.5) is 0 Å². The first-order chi connectivity index (χ1) is 16.0. The monoisotopic (exact) mass is 454 g/mol. The molecule has 0 fully saturated rings. The Morgan fingerprint density at radius 3 is 1.61 bits per heavy atom. The summed E-state index contributed by atoms with van der Waals surface area (Å²) in [5.41, 5.74) is 2.05. The summed E-state index contributed by atoms with van der Waals surface area (Å²) in [5.74, 6) is 0.407. The Kier molecular flexibility index (Phi) is 10.9. The van der Waals surface area contributed by atoms with Crippen LogP contribution in [0.15, 0.2) is 76.5 Å². The van der Waals surface area contributed by atoms with E-state index < -0.39 is 6.04 Å². The molecule has 0 saturated carbocycles. The van der Waals surface area contributed by atoms with Crippen LogP contribution in [-0.4, -0.2) is 53.8 Å². The highest BCUT2D eigenvalue weighted by atomic mass is 16.3. The van der Waals surface area contributed by atoms with Gasteiger partial charge in [-0.3, -0.25) is 15.0 Å². The Morgan fingerprint density at radius 1 is 0.697 bits per heavy atom. The van der Waals surface area contributed by atoms with Gasteiger partial charge in [0.1, 0.15) is 0 Å². The molecule has 0 aliphatic heterocycles. The normalized spacial score (nSPS) is 12.6. The predicted octanol–water partition coefficient (Wildman–Crippen LogP) is 4.84. The molecule has 2 atom stereocenters. The highest BCUT2D eigenvalue weighted by Gasteiger charge is 2.28. The number of benzene rings is 2. The molecule has 2 aromatic rings. The highest BCUT2D eigenvalue weighted by molar-refractivity contribution is 5.17. The maximum absolute atomic E-state index is 12.0. The molecule has 0 aliphatic carbocycles. The second-order valence-corrected chi connectivity index (χ2v) is 8.74. The molecule has 0 amide bonds. The van der Waals surface area contributed by atoms with Gasteiger partial charge in [-0.1, -0.05) is 74.5 Å². The van der Waals surface area contributed by atoms with Gasteiger partial charge in [0.05, 0.1) is 41.0 Å². The van der Waals surface area contributed by atoms with Gasteiger partial charge in [-0.05, 0) is 36.3 Å².